The van der Waals surface area contributed by atoms with E-state index >= 15 is 0 Å². The SMILES string of the molecule is NC(=O)c1c(C(F)F)c([N+](=O)[O-])c[nH]c1=O. The third-order valence-electron chi connectivity index (χ3n) is 1.77. The molecule has 0 aliphatic heterocycles. The van der Waals surface area contributed by atoms with Crippen LogP contribution in [0.5, 0.6) is 0 Å². The number of nitrogens with two attached hydrogens (primary N) is 1. The molecular weight excluding hydrogens is 228 g/mol. The van der Waals surface area contributed by atoms with Gasteiger partial charge in [-0.25, -0.2) is 8.78 Å². The van der Waals surface area contributed by atoms with Crippen molar-refractivity contribution in [2.75, 3.05) is 0 Å². The predicted molar refractivity (Wildman–Crippen MR) is 47.2 cm³/mol. The monoisotopic (exact) mass is 233 g/mol. The third-order valence-corrected chi connectivity index (χ3v) is 1.77. The fraction of sp³-hybridized carbons (Fsp3) is 0.143. The molecule has 0 saturated heterocycles. The summed E-state index contributed by atoms with van der Waals surface area (Å²) in [7, 11) is 0. The van der Waals surface area contributed by atoms with Crippen LogP contribution in [0.4, 0.5) is 14.5 Å². The minimum Gasteiger partial charge on any atom is -0.365 e. The maximum atomic E-state index is 12.5. The number of nitro groups is 1. The van der Waals surface area contributed by atoms with Crippen molar-refractivity contribution in [1.82, 2.24) is 4.98 Å². The summed E-state index contributed by atoms with van der Waals surface area (Å²) in [6.45, 7) is 0. The van der Waals surface area contributed by atoms with Gasteiger partial charge in [-0.1, -0.05) is 0 Å². The minimum atomic E-state index is -3.34. The standard InChI is InChI=1S/C7H5F2N3O4/c8-5(9)3-2(12(15)16)1-11-7(14)4(3)6(10)13/h1,5H,(H2,10,13)(H,11,14). The number of H-pyrrole nitrogens is 1. The van der Waals surface area contributed by atoms with Crippen LogP contribution in [-0.2, 0) is 0 Å². The number of alkyl halides is 2. The molecule has 0 radical (unpaired) electrons. The molecule has 1 aromatic rings. The maximum Gasteiger partial charge on any atom is 0.295 e. The fourth-order valence-electron chi connectivity index (χ4n) is 1.15. The number of carbonyl (C=O) groups excluding carboxylic acids is 1. The first-order valence-electron chi connectivity index (χ1n) is 3.84. The van der Waals surface area contributed by atoms with Crippen LogP contribution in [0.2, 0.25) is 0 Å². The molecule has 0 aromatic carbocycles. The fourth-order valence-corrected chi connectivity index (χ4v) is 1.15. The highest BCUT2D eigenvalue weighted by Gasteiger charge is 2.30. The van der Waals surface area contributed by atoms with Crippen molar-refractivity contribution in [3.05, 3.63) is 37.8 Å². The lowest BCUT2D eigenvalue weighted by molar-refractivity contribution is -0.386. The Kier molecular flexibility index (Phi) is 2.97. The molecule has 0 saturated carbocycles. The van der Waals surface area contributed by atoms with E-state index in [1.807, 2.05) is 0 Å². The first-order valence-corrected chi connectivity index (χ1v) is 3.84. The lowest BCUT2D eigenvalue weighted by Gasteiger charge is -2.04. The number of hydrogen-bond donors (Lipinski definition) is 2. The lowest BCUT2D eigenvalue weighted by Crippen LogP contribution is -2.26. The molecule has 0 spiro atoms. The van der Waals surface area contributed by atoms with Crippen LogP contribution in [0.15, 0.2) is 11.0 Å². The van der Waals surface area contributed by atoms with Gasteiger partial charge in [0.05, 0.1) is 11.1 Å². The molecule has 9 heteroatoms. The van der Waals surface area contributed by atoms with E-state index < -0.39 is 39.6 Å². The second-order valence-corrected chi connectivity index (χ2v) is 2.71. The van der Waals surface area contributed by atoms with Crippen LogP contribution in [0.25, 0.3) is 0 Å². The molecule has 1 aromatic heterocycles. The molecule has 0 unspecified atom stereocenters. The van der Waals surface area contributed by atoms with Crippen LogP contribution in [0.3, 0.4) is 0 Å². The van der Waals surface area contributed by atoms with Gasteiger partial charge >= 0.3 is 0 Å². The van der Waals surface area contributed by atoms with Crippen molar-refractivity contribution < 1.29 is 18.5 Å². The quantitative estimate of drug-likeness (QED) is 0.576. The topological polar surface area (TPSA) is 119 Å². The third kappa shape index (κ3) is 1.87. The van der Waals surface area contributed by atoms with Gasteiger partial charge in [0.1, 0.15) is 11.1 Å². The number of aromatic nitrogens is 1. The van der Waals surface area contributed by atoms with Gasteiger partial charge in [-0.15, -0.1) is 0 Å². The predicted octanol–water partition coefficient (Wildman–Crippen LogP) is 0.320. The Morgan fingerprint density at radius 3 is 2.50 bits per heavy atom. The Hall–Kier alpha value is -2.32. The van der Waals surface area contributed by atoms with E-state index in [0.29, 0.717) is 6.20 Å². The molecule has 0 atom stereocenters. The van der Waals surface area contributed by atoms with E-state index in [1.165, 1.54) is 0 Å². The molecule has 3 N–H and O–H groups in total. The van der Waals surface area contributed by atoms with Gasteiger partial charge in [0.15, 0.2) is 0 Å². The van der Waals surface area contributed by atoms with Crippen LogP contribution < -0.4 is 11.3 Å². The second kappa shape index (κ2) is 4.04. The van der Waals surface area contributed by atoms with Gasteiger partial charge in [0.25, 0.3) is 23.6 Å². The van der Waals surface area contributed by atoms with E-state index in [4.69, 9.17) is 5.73 Å². The van der Waals surface area contributed by atoms with Crippen molar-refractivity contribution in [2.45, 2.75) is 6.43 Å². The summed E-state index contributed by atoms with van der Waals surface area (Å²) >= 11 is 0. The first-order chi connectivity index (χ1) is 7.36. The van der Waals surface area contributed by atoms with Crippen molar-refractivity contribution in [1.29, 1.82) is 0 Å². The van der Waals surface area contributed by atoms with Crippen LogP contribution in [-0.4, -0.2) is 15.8 Å². The Labute approximate surface area is 86.0 Å². The molecule has 1 rings (SSSR count). The summed E-state index contributed by atoms with van der Waals surface area (Å²) in [4.78, 5) is 32.9. The van der Waals surface area contributed by atoms with Crippen molar-refractivity contribution in [3.8, 4) is 0 Å². The molecule has 0 aliphatic rings. The maximum absolute atomic E-state index is 12.5. The molecule has 1 amide bonds. The average Bonchev–Trinajstić information content (AvgIpc) is 2.15. The van der Waals surface area contributed by atoms with Crippen molar-refractivity contribution in [3.63, 3.8) is 0 Å². The van der Waals surface area contributed by atoms with Crippen molar-refractivity contribution in [2.24, 2.45) is 5.73 Å². The van der Waals surface area contributed by atoms with Gasteiger partial charge in [-0.05, 0) is 0 Å². The first kappa shape index (κ1) is 11.8. The van der Waals surface area contributed by atoms with Gasteiger partial charge in [-0.3, -0.25) is 19.7 Å². The molecular formula is C7H5F2N3O4. The zero-order chi connectivity index (χ0) is 12.5. The van der Waals surface area contributed by atoms with Crippen LogP contribution in [0.1, 0.15) is 22.3 Å². The normalized spacial score (nSPS) is 10.4. The van der Waals surface area contributed by atoms with E-state index in [9.17, 15) is 28.5 Å². The largest absolute Gasteiger partial charge is 0.365 e. The molecule has 86 valence electrons. The molecule has 0 bridgehead atoms. The smallest absolute Gasteiger partial charge is 0.295 e. The van der Waals surface area contributed by atoms with E-state index in [0.717, 1.165) is 0 Å². The summed E-state index contributed by atoms with van der Waals surface area (Å²) < 4.78 is 25.0. The zero-order valence-corrected chi connectivity index (χ0v) is 7.57. The Bertz CT molecular complexity index is 511. The lowest BCUT2D eigenvalue weighted by atomic mass is 10.1. The van der Waals surface area contributed by atoms with E-state index in [2.05, 4.69) is 0 Å². The highest BCUT2D eigenvalue weighted by Crippen LogP contribution is 2.29. The van der Waals surface area contributed by atoms with Crippen LogP contribution >= 0.6 is 0 Å². The summed E-state index contributed by atoms with van der Waals surface area (Å²) in [5.41, 5.74) is 0.112. The minimum absolute atomic E-state index is 0.496. The number of aromatic amines is 1. The number of nitrogens with one attached hydrogen (secondary N) is 1. The molecule has 1 heterocycles. The summed E-state index contributed by atoms with van der Waals surface area (Å²) in [6, 6.07) is 0. The Balaban J connectivity index is 3.70. The van der Waals surface area contributed by atoms with Gasteiger partial charge in [0, 0.05) is 0 Å². The molecule has 0 fully saturated rings. The highest BCUT2D eigenvalue weighted by molar-refractivity contribution is 5.95. The zero-order valence-electron chi connectivity index (χ0n) is 7.57. The summed E-state index contributed by atoms with van der Waals surface area (Å²) in [6.07, 6.45) is -2.85. The molecule has 0 aliphatic carbocycles. The number of rotatable bonds is 3. The second-order valence-electron chi connectivity index (χ2n) is 2.71. The number of primary amides is 1. The number of carbonyl (C=O) groups is 1. The highest BCUT2D eigenvalue weighted by atomic mass is 19.3. The summed E-state index contributed by atoms with van der Waals surface area (Å²) in [5.74, 6) is -1.44. The Morgan fingerprint density at radius 2 is 2.12 bits per heavy atom. The van der Waals surface area contributed by atoms with Crippen LogP contribution in [0, 0.1) is 10.1 Å². The van der Waals surface area contributed by atoms with Gasteiger partial charge < -0.3 is 10.7 Å². The summed E-state index contributed by atoms with van der Waals surface area (Å²) in [5, 5.41) is 10.4. The number of nitrogens with zero attached hydrogens (tertiary/aromatic N) is 1. The van der Waals surface area contributed by atoms with Gasteiger partial charge in [0.2, 0.25) is 0 Å². The van der Waals surface area contributed by atoms with Crippen molar-refractivity contribution >= 4 is 11.6 Å². The number of amides is 1. The average molecular weight is 233 g/mol. The molecule has 7 nitrogen and oxygen atoms in total. The van der Waals surface area contributed by atoms with Gasteiger partial charge in [-0.2, -0.15) is 0 Å². The Morgan fingerprint density at radius 1 is 1.56 bits per heavy atom. The number of hydrogen-bond acceptors (Lipinski definition) is 4. The molecule has 16 heavy (non-hydrogen) atoms. The van der Waals surface area contributed by atoms with E-state index in [1.54, 1.807) is 4.98 Å². The number of pyridine rings is 1. The van der Waals surface area contributed by atoms with E-state index in [-0.39, 0.29) is 0 Å². The number of halogens is 2.